The van der Waals surface area contributed by atoms with Crippen molar-refractivity contribution in [1.82, 2.24) is 14.8 Å². The SMILES string of the molecule is Cc1cc(C#N)c(F)c(NC(O)Nc2ccc(-c3cccn4nnc(N)c34)cc2)c1. The minimum absolute atomic E-state index is 0.0403. The van der Waals surface area contributed by atoms with E-state index >= 15 is 0 Å². The fourth-order valence-electron chi connectivity index (χ4n) is 3.25. The number of nitrogens with two attached hydrogens (primary N) is 1. The number of rotatable bonds is 5. The van der Waals surface area contributed by atoms with Gasteiger partial charge in [-0.3, -0.25) is 0 Å². The first kappa shape index (κ1) is 19.2. The van der Waals surface area contributed by atoms with Gasteiger partial charge < -0.3 is 21.5 Å². The predicted octanol–water partition coefficient (Wildman–Crippen LogP) is 3.10. The van der Waals surface area contributed by atoms with Crippen molar-refractivity contribution in [2.45, 2.75) is 13.3 Å². The standard InChI is InChI=1S/C21H18FN7O/c1-12-9-14(11-23)18(22)17(10-12)26-21(30)25-15-6-4-13(5-7-15)16-3-2-8-29-19(16)20(24)27-28-29/h2-10,21,25-26,30H,24H2,1H3. The number of nitriles is 1. The zero-order valence-corrected chi connectivity index (χ0v) is 16.0. The molecule has 0 bridgehead atoms. The molecule has 1 atom stereocenters. The van der Waals surface area contributed by atoms with Crippen molar-refractivity contribution in [2.75, 3.05) is 16.4 Å². The second kappa shape index (κ2) is 7.69. The van der Waals surface area contributed by atoms with Crippen LogP contribution in [0.2, 0.25) is 0 Å². The van der Waals surface area contributed by atoms with Gasteiger partial charge in [-0.25, -0.2) is 8.91 Å². The lowest BCUT2D eigenvalue weighted by Crippen LogP contribution is -2.28. The third kappa shape index (κ3) is 3.59. The molecule has 2 heterocycles. The molecule has 5 N–H and O–H groups in total. The molecule has 0 radical (unpaired) electrons. The van der Waals surface area contributed by atoms with Crippen LogP contribution in [0.1, 0.15) is 11.1 Å². The quantitative estimate of drug-likeness (QED) is 0.377. The fraction of sp³-hybridized carbons (Fsp3) is 0.0952. The molecule has 0 amide bonds. The Labute approximate surface area is 171 Å². The Balaban J connectivity index is 1.52. The number of anilines is 3. The van der Waals surface area contributed by atoms with E-state index in [4.69, 9.17) is 11.0 Å². The van der Waals surface area contributed by atoms with Gasteiger partial charge >= 0.3 is 0 Å². The van der Waals surface area contributed by atoms with Crippen LogP contribution in [0.15, 0.2) is 54.7 Å². The lowest BCUT2D eigenvalue weighted by atomic mass is 10.1. The molecule has 2 aromatic carbocycles. The van der Waals surface area contributed by atoms with E-state index in [2.05, 4.69) is 20.9 Å². The van der Waals surface area contributed by atoms with Crippen molar-refractivity contribution in [3.05, 3.63) is 71.7 Å². The third-order valence-electron chi connectivity index (χ3n) is 4.59. The Morgan fingerprint density at radius 1 is 1.20 bits per heavy atom. The number of nitrogens with zero attached hydrogens (tertiary/aromatic N) is 4. The van der Waals surface area contributed by atoms with E-state index in [-0.39, 0.29) is 11.3 Å². The average molecular weight is 403 g/mol. The lowest BCUT2D eigenvalue weighted by Gasteiger charge is -2.18. The van der Waals surface area contributed by atoms with Crippen molar-refractivity contribution in [3.63, 3.8) is 0 Å². The first-order valence-corrected chi connectivity index (χ1v) is 9.07. The molecule has 0 fully saturated rings. The largest absolute Gasteiger partial charge is 0.380 e. The molecule has 0 aliphatic rings. The van der Waals surface area contributed by atoms with Gasteiger partial charge in [-0.1, -0.05) is 23.4 Å². The van der Waals surface area contributed by atoms with Crippen LogP contribution in [-0.4, -0.2) is 26.3 Å². The van der Waals surface area contributed by atoms with Gasteiger partial charge in [-0.2, -0.15) is 5.26 Å². The molecule has 30 heavy (non-hydrogen) atoms. The summed E-state index contributed by atoms with van der Waals surface area (Å²) in [5, 5.41) is 32.6. The van der Waals surface area contributed by atoms with E-state index in [1.54, 1.807) is 35.8 Å². The van der Waals surface area contributed by atoms with Crippen LogP contribution >= 0.6 is 0 Å². The maximum Gasteiger partial charge on any atom is 0.202 e. The molecule has 4 aromatic rings. The molecule has 0 spiro atoms. The number of halogens is 1. The number of aryl methyl sites for hydroxylation is 1. The molecular weight excluding hydrogens is 385 g/mol. The Hall–Kier alpha value is -4.16. The molecular formula is C21H18FN7O. The number of aliphatic hydroxyl groups is 1. The summed E-state index contributed by atoms with van der Waals surface area (Å²) in [6, 6.07) is 15.8. The van der Waals surface area contributed by atoms with Gasteiger partial charge in [0.2, 0.25) is 6.35 Å². The van der Waals surface area contributed by atoms with Crippen molar-refractivity contribution < 1.29 is 9.50 Å². The van der Waals surface area contributed by atoms with Crippen LogP contribution in [0, 0.1) is 24.1 Å². The van der Waals surface area contributed by atoms with Gasteiger partial charge in [-0.15, -0.1) is 5.10 Å². The number of fused-ring (bicyclic) bond motifs is 1. The average Bonchev–Trinajstić information content (AvgIpc) is 3.12. The molecule has 150 valence electrons. The van der Waals surface area contributed by atoms with Crippen LogP contribution in [0.5, 0.6) is 0 Å². The lowest BCUT2D eigenvalue weighted by molar-refractivity contribution is 0.232. The van der Waals surface area contributed by atoms with E-state index in [0.29, 0.717) is 22.6 Å². The molecule has 9 heteroatoms. The number of aromatic nitrogens is 3. The van der Waals surface area contributed by atoms with E-state index in [9.17, 15) is 9.50 Å². The monoisotopic (exact) mass is 403 g/mol. The van der Waals surface area contributed by atoms with Crippen molar-refractivity contribution >= 4 is 22.7 Å². The van der Waals surface area contributed by atoms with Crippen LogP contribution in [0.25, 0.3) is 16.6 Å². The molecule has 2 aromatic heterocycles. The van der Waals surface area contributed by atoms with Crippen LogP contribution in [-0.2, 0) is 0 Å². The van der Waals surface area contributed by atoms with E-state index in [0.717, 1.165) is 11.1 Å². The highest BCUT2D eigenvalue weighted by Gasteiger charge is 2.13. The first-order chi connectivity index (χ1) is 14.5. The number of nitrogen functional groups attached to an aromatic ring is 1. The normalized spacial score (nSPS) is 11.8. The zero-order chi connectivity index (χ0) is 21.3. The van der Waals surface area contributed by atoms with Gasteiger partial charge in [-0.05, 0) is 48.4 Å². The summed E-state index contributed by atoms with van der Waals surface area (Å²) in [7, 11) is 0. The van der Waals surface area contributed by atoms with E-state index < -0.39 is 12.2 Å². The number of hydrogen-bond acceptors (Lipinski definition) is 7. The zero-order valence-electron chi connectivity index (χ0n) is 16.0. The molecule has 4 rings (SSSR count). The summed E-state index contributed by atoms with van der Waals surface area (Å²) in [6.45, 7) is 1.74. The number of hydrogen-bond donors (Lipinski definition) is 4. The minimum Gasteiger partial charge on any atom is -0.380 e. The molecule has 0 aliphatic heterocycles. The van der Waals surface area contributed by atoms with Crippen LogP contribution in [0.3, 0.4) is 0 Å². The summed E-state index contributed by atoms with van der Waals surface area (Å²) in [6.07, 6.45) is 0.499. The maximum absolute atomic E-state index is 14.3. The molecule has 8 nitrogen and oxygen atoms in total. The highest BCUT2D eigenvalue weighted by molar-refractivity contribution is 5.87. The molecule has 0 aliphatic carbocycles. The second-order valence-corrected chi connectivity index (χ2v) is 6.74. The van der Waals surface area contributed by atoms with Crippen LogP contribution in [0.4, 0.5) is 21.6 Å². The van der Waals surface area contributed by atoms with E-state index in [1.165, 1.54) is 12.1 Å². The number of pyridine rings is 1. The molecule has 1 unspecified atom stereocenters. The topological polar surface area (TPSA) is 124 Å². The number of benzene rings is 2. The minimum atomic E-state index is -1.27. The number of nitrogens with one attached hydrogen (secondary N) is 2. The fourth-order valence-corrected chi connectivity index (χ4v) is 3.25. The van der Waals surface area contributed by atoms with Crippen molar-refractivity contribution in [1.29, 1.82) is 5.26 Å². The molecule has 0 saturated heterocycles. The summed E-state index contributed by atoms with van der Waals surface area (Å²) >= 11 is 0. The van der Waals surface area contributed by atoms with Gasteiger partial charge in [0.1, 0.15) is 11.6 Å². The third-order valence-corrected chi connectivity index (χ3v) is 4.59. The van der Waals surface area contributed by atoms with E-state index in [1.807, 2.05) is 24.3 Å². The summed E-state index contributed by atoms with van der Waals surface area (Å²) < 4.78 is 15.9. The van der Waals surface area contributed by atoms with Crippen LogP contribution < -0.4 is 16.4 Å². The highest BCUT2D eigenvalue weighted by atomic mass is 19.1. The predicted molar refractivity (Wildman–Crippen MR) is 112 cm³/mol. The Morgan fingerprint density at radius 2 is 1.97 bits per heavy atom. The van der Waals surface area contributed by atoms with Crippen molar-refractivity contribution in [3.8, 4) is 17.2 Å². The van der Waals surface area contributed by atoms with Crippen molar-refractivity contribution in [2.24, 2.45) is 0 Å². The Kier molecular flexibility index (Phi) is 4.92. The van der Waals surface area contributed by atoms with Gasteiger partial charge in [0.25, 0.3) is 0 Å². The first-order valence-electron chi connectivity index (χ1n) is 9.07. The number of aliphatic hydroxyl groups excluding tert-OH is 1. The Morgan fingerprint density at radius 3 is 2.70 bits per heavy atom. The molecule has 0 saturated carbocycles. The summed E-state index contributed by atoms with van der Waals surface area (Å²) in [4.78, 5) is 0. The second-order valence-electron chi connectivity index (χ2n) is 6.74. The Bertz CT molecular complexity index is 1260. The highest BCUT2D eigenvalue weighted by Crippen LogP contribution is 2.28. The van der Waals surface area contributed by atoms with Gasteiger partial charge in [0, 0.05) is 17.4 Å². The summed E-state index contributed by atoms with van der Waals surface area (Å²) in [5.41, 5.74) is 9.67. The van der Waals surface area contributed by atoms with Gasteiger partial charge in [0.15, 0.2) is 11.6 Å². The van der Waals surface area contributed by atoms with Gasteiger partial charge in [0.05, 0.1) is 11.3 Å². The summed E-state index contributed by atoms with van der Waals surface area (Å²) in [5.74, 6) is -0.372. The smallest absolute Gasteiger partial charge is 0.202 e. The maximum atomic E-state index is 14.3.